The quantitative estimate of drug-likeness (QED) is 0.736. The van der Waals surface area contributed by atoms with Crippen molar-refractivity contribution in [1.29, 1.82) is 0 Å². The summed E-state index contributed by atoms with van der Waals surface area (Å²) in [6, 6.07) is 3.89. The molecule has 2 aromatic rings. The Kier molecular flexibility index (Phi) is 5.95. The Morgan fingerprint density at radius 3 is 2.95 bits per heavy atom. The number of thioether (sulfide) groups is 1. The topological polar surface area (TPSA) is 85.1 Å². The summed E-state index contributed by atoms with van der Waals surface area (Å²) in [4.78, 5) is 11.7. The highest BCUT2D eigenvalue weighted by molar-refractivity contribution is 7.99. The van der Waals surface area contributed by atoms with Crippen molar-refractivity contribution in [3.8, 4) is 10.7 Å². The molecule has 1 N–H and O–H groups in total. The third kappa shape index (κ3) is 4.65. The van der Waals surface area contributed by atoms with Gasteiger partial charge in [0, 0.05) is 29.4 Å². The number of rotatable bonds is 8. The van der Waals surface area contributed by atoms with Gasteiger partial charge in [-0.25, -0.2) is 0 Å². The van der Waals surface area contributed by atoms with Crippen LogP contribution < -0.4 is 0 Å². The monoisotopic (exact) mass is 345 g/mol. The summed E-state index contributed by atoms with van der Waals surface area (Å²) in [5.41, 5.74) is 0. The van der Waals surface area contributed by atoms with Crippen LogP contribution in [0, 0.1) is 0 Å². The lowest BCUT2D eigenvalue weighted by atomic mass is 10.4. The van der Waals surface area contributed by atoms with Crippen LogP contribution in [0.2, 0.25) is 0 Å². The van der Waals surface area contributed by atoms with Crippen molar-refractivity contribution in [2.75, 3.05) is 17.8 Å². The molecule has 2 heterocycles. The van der Waals surface area contributed by atoms with Gasteiger partial charge in [0.05, 0.1) is 10.6 Å². The number of aromatic nitrogens is 3. The molecule has 9 heteroatoms. The number of hydrogen-bond donors (Lipinski definition) is 1. The van der Waals surface area contributed by atoms with E-state index in [-0.39, 0.29) is 5.75 Å². The Hall–Kier alpha value is -1.19. The van der Waals surface area contributed by atoms with E-state index in [0.717, 1.165) is 28.9 Å². The molecule has 21 heavy (non-hydrogen) atoms. The molecule has 2 aromatic heterocycles. The summed E-state index contributed by atoms with van der Waals surface area (Å²) in [6.07, 6.45) is 2.41. The Balaban J connectivity index is 2.20. The second kappa shape index (κ2) is 7.71. The molecule has 0 saturated heterocycles. The van der Waals surface area contributed by atoms with Crippen molar-refractivity contribution in [3.05, 3.63) is 17.5 Å². The van der Waals surface area contributed by atoms with E-state index in [1.807, 2.05) is 22.1 Å². The van der Waals surface area contributed by atoms with Crippen molar-refractivity contribution in [1.82, 2.24) is 14.8 Å². The van der Waals surface area contributed by atoms with Crippen molar-refractivity contribution in [3.63, 3.8) is 0 Å². The maximum Gasteiger partial charge on any atom is 0.313 e. The van der Waals surface area contributed by atoms with Crippen molar-refractivity contribution in [2.24, 2.45) is 0 Å². The molecule has 0 aliphatic carbocycles. The zero-order valence-electron chi connectivity index (χ0n) is 11.4. The van der Waals surface area contributed by atoms with E-state index in [2.05, 4.69) is 10.2 Å². The van der Waals surface area contributed by atoms with E-state index in [1.165, 1.54) is 0 Å². The summed E-state index contributed by atoms with van der Waals surface area (Å²) in [7, 11) is -0.841. The molecule has 6 nitrogen and oxygen atoms in total. The van der Waals surface area contributed by atoms with Crippen molar-refractivity contribution >= 4 is 39.9 Å². The predicted octanol–water partition coefficient (Wildman–Crippen LogP) is 1.95. The zero-order chi connectivity index (χ0) is 15.2. The highest BCUT2D eigenvalue weighted by atomic mass is 32.2. The van der Waals surface area contributed by atoms with E-state index in [4.69, 9.17) is 5.11 Å². The van der Waals surface area contributed by atoms with Gasteiger partial charge in [-0.05, 0) is 17.9 Å². The van der Waals surface area contributed by atoms with Gasteiger partial charge in [-0.1, -0.05) is 17.8 Å². The lowest BCUT2D eigenvalue weighted by molar-refractivity contribution is -0.133. The van der Waals surface area contributed by atoms with Crippen LogP contribution in [0.3, 0.4) is 0 Å². The first-order chi connectivity index (χ1) is 10.1. The van der Waals surface area contributed by atoms with Crippen LogP contribution in [-0.4, -0.2) is 47.8 Å². The first-order valence-electron chi connectivity index (χ1n) is 6.19. The molecular formula is C12H15N3O3S3. The maximum absolute atomic E-state index is 11.2. The van der Waals surface area contributed by atoms with E-state index in [0.29, 0.717) is 17.5 Å². The molecule has 0 fully saturated rings. The maximum atomic E-state index is 11.2. The van der Waals surface area contributed by atoms with E-state index >= 15 is 0 Å². The molecule has 0 bridgehead atoms. The number of hydrogen-bond acceptors (Lipinski definition) is 6. The molecule has 0 amide bonds. The third-order valence-electron chi connectivity index (χ3n) is 2.60. The van der Waals surface area contributed by atoms with Gasteiger partial charge >= 0.3 is 5.97 Å². The van der Waals surface area contributed by atoms with Crippen LogP contribution in [0.1, 0.15) is 6.42 Å². The zero-order valence-corrected chi connectivity index (χ0v) is 13.8. The molecule has 0 aliphatic heterocycles. The van der Waals surface area contributed by atoms with E-state index in [1.54, 1.807) is 17.6 Å². The smallest absolute Gasteiger partial charge is 0.313 e. The Morgan fingerprint density at radius 2 is 2.33 bits per heavy atom. The van der Waals surface area contributed by atoms with Gasteiger partial charge in [0.1, 0.15) is 0 Å². The average Bonchev–Trinajstić information content (AvgIpc) is 3.04. The molecule has 1 unspecified atom stereocenters. The lowest BCUT2D eigenvalue weighted by Crippen LogP contribution is -2.07. The first-order valence-corrected chi connectivity index (χ1v) is 9.79. The second-order valence-corrected chi connectivity index (χ2v) is 7.69. The SMILES string of the molecule is CS(=O)CCCn1c(SCC(=O)O)nnc1-c1cccs1. The molecule has 0 radical (unpaired) electrons. The van der Waals surface area contributed by atoms with E-state index < -0.39 is 16.8 Å². The van der Waals surface area contributed by atoms with Crippen LogP contribution in [0.15, 0.2) is 22.7 Å². The second-order valence-electron chi connectivity index (χ2n) is 4.25. The third-order valence-corrected chi connectivity index (χ3v) is 5.28. The van der Waals surface area contributed by atoms with Gasteiger partial charge in [-0.15, -0.1) is 21.5 Å². The summed E-state index contributed by atoms with van der Waals surface area (Å²) in [5, 5.41) is 19.6. The minimum absolute atomic E-state index is 0.0533. The Bertz CT molecular complexity index is 625. The van der Waals surface area contributed by atoms with Crippen molar-refractivity contribution < 1.29 is 14.1 Å². The molecular weight excluding hydrogens is 330 g/mol. The highest BCUT2D eigenvalue weighted by Crippen LogP contribution is 2.27. The predicted molar refractivity (Wildman–Crippen MR) is 85.2 cm³/mol. The first kappa shape index (κ1) is 16.2. The fraction of sp³-hybridized carbons (Fsp3) is 0.417. The minimum Gasteiger partial charge on any atom is -0.481 e. The number of nitrogens with zero attached hydrogens (tertiary/aromatic N) is 3. The lowest BCUT2D eigenvalue weighted by Gasteiger charge is -2.08. The number of thiophene rings is 1. The van der Waals surface area contributed by atoms with E-state index in [9.17, 15) is 9.00 Å². The minimum atomic E-state index is -0.887. The fourth-order valence-corrected chi connectivity index (χ4v) is 3.67. The van der Waals surface area contributed by atoms with Gasteiger partial charge in [0.25, 0.3) is 0 Å². The van der Waals surface area contributed by atoms with Crippen LogP contribution in [-0.2, 0) is 22.1 Å². The van der Waals surface area contributed by atoms with Gasteiger partial charge in [-0.2, -0.15) is 0 Å². The fourth-order valence-electron chi connectivity index (χ4n) is 1.74. The van der Waals surface area contributed by atoms with Gasteiger partial charge in [0.2, 0.25) is 0 Å². The molecule has 2 rings (SSSR count). The molecule has 114 valence electrons. The number of carboxylic acid groups (broad SMARTS) is 1. The highest BCUT2D eigenvalue weighted by Gasteiger charge is 2.16. The van der Waals surface area contributed by atoms with Crippen LogP contribution in [0.25, 0.3) is 10.7 Å². The Labute approximate surface area is 133 Å². The Morgan fingerprint density at radius 1 is 1.52 bits per heavy atom. The summed E-state index contributed by atoms with van der Waals surface area (Å²) >= 11 is 2.71. The standard InChI is InChI=1S/C12H15N3O3S3/c1-21(18)7-3-5-15-11(9-4-2-6-19-9)13-14-12(15)20-8-10(16)17/h2,4,6H,3,5,7-8H2,1H3,(H,16,17). The molecule has 1 atom stereocenters. The van der Waals surface area contributed by atoms with Gasteiger partial charge in [0.15, 0.2) is 11.0 Å². The number of aliphatic carboxylic acids is 1. The summed E-state index contributed by atoms with van der Waals surface area (Å²) in [5.74, 6) is 0.398. The normalized spacial score (nSPS) is 12.4. The molecule has 0 aliphatic rings. The number of carbonyl (C=O) groups is 1. The summed E-state index contributed by atoms with van der Waals surface area (Å²) in [6.45, 7) is 0.627. The van der Waals surface area contributed by atoms with Crippen molar-refractivity contribution in [2.45, 2.75) is 18.1 Å². The summed E-state index contributed by atoms with van der Waals surface area (Å²) < 4.78 is 13.1. The molecule has 0 saturated carbocycles. The van der Waals surface area contributed by atoms with Gasteiger partial charge in [-0.3, -0.25) is 9.00 Å². The molecule has 0 aromatic carbocycles. The number of carboxylic acids is 1. The largest absolute Gasteiger partial charge is 0.481 e. The van der Waals surface area contributed by atoms with Crippen LogP contribution in [0.5, 0.6) is 0 Å². The van der Waals surface area contributed by atoms with Crippen LogP contribution >= 0.6 is 23.1 Å². The van der Waals surface area contributed by atoms with Crippen LogP contribution in [0.4, 0.5) is 0 Å². The molecule has 0 spiro atoms. The van der Waals surface area contributed by atoms with Gasteiger partial charge < -0.3 is 9.67 Å². The average molecular weight is 345 g/mol.